The van der Waals surface area contributed by atoms with Gasteiger partial charge in [-0.25, -0.2) is 4.99 Å². The molecule has 0 fully saturated rings. The summed E-state index contributed by atoms with van der Waals surface area (Å²) in [5.41, 5.74) is 2.64. The number of ketones is 2. The largest absolute Gasteiger partial charge is 0.293 e. The average molecular weight is 334 g/mol. The molecule has 1 aromatic carbocycles. The normalized spacial score (nSPS) is 17.1. The Balaban J connectivity index is 1.68. The standard InChI is InChI=1S/C19H14N2O2S/c20-9-14-11-5-3-4-8-16(11)24-19(14)21-10-15-17(22)12-6-1-2-7-13(12)18(15)23/h1-2,6-7,10,15H,3-5,8H2/b21-10+. The van der Waals surface area contributed by atoms with Crippen molar-refractivity contribution >= 4 is 34.1 Å². The van der Waals surface area contributed by atoms with Gasteiger partial charge in [0.25, 0.3) is 0 Å². The fourth-order valence-electron chi connectivity index (χ4n) is 3.40. The zero-order chi connectivity index (χ0) is 16.7. The number of rotatable bonds is 2. The second-order valence-corrected chi connectivity index (χ2v) is 7.12. The number of carbonyl (C=O) groups excluding carboxylic acids is 2. The molecule has 118 valence electrons. The first-order valence-electron chi connectivity index (χ1n) is 7.97. The van der Waals surface area contributed by atoms with Crippen molar-refractivity contribution in [3.05, 3.63) is 51.4 Å². The molecule has 4 nitrogen and oxygen atoms in total. The minimum atomic E-state index is -0.868. The van der Waals surface area contributed by atoms with Gasteiger partial charge in [-0.15, -0.1) is 11.3 Å². The molecule has 4 rings (SSSR count). The fourth-order valence-corrected chi connectivity index (χ4v) is 4.59. The Morgan fingerprint density at radius 1 is 1.12 bits per heavy atom. The Morgan fingerprint density at radius 3 is 2.46 bits per heavy atom. The smallest absolute Gasteiger partial charge is 0.179 e. The molecule has 0 radical (unpaired) electrons. The highest BCUT2D eigenvalue weighted by atomic mass is 32.1. The summed E-state index contributed by atoms with van der Waals surface area (Å²) in [6.45, 7) is 0. The van der Waals surface area contributed by atoms with Crippen molar-refractivity contribution in [2.75, 3.05) is 0 Å². The van der Waals surface area contributed by atoms with Gasteiger partial charge in [0.2, 0.25) is 0 Å². The number of aryl methyl sites for hydroxylation is 1. The molecule has 0 saturated carbocycles. The molecule has 0 atom stereocenters. The highest BCUT2D eigenvalue weighted by Gasteiger charge is 2.37. The average Bonchev–Trinajstić information content (AvgIpc) is 3.09. The van der Waals surface area contributed by atoms with Crippen LogP contribution >= 0.6 is 11.3 Å². The lowest BCUT2D eigenvalue weighted by atomic mass is 9.96. The van der Waals surface area contributed by atoms with E-state index in [-0.39, 0.29) is 11.6 Å². The van der Waals surface area contributed by atoms with Crippen molar-refractivity contribution in [3.63, 3.8) is 0 Å². The molecule has 5 heteroatoms. The molecular weight excluding hydrogens is 320 g/mol. The summed E-state index contributed by atoms with van der Waals surface area (Å²) in [6, 6.07) is 9.10. The van der Waals surface area contributed by atoms with Crippen LogP contribution in [0.5, 0.6) is 0 Å². The number of benzene rings is 1. The van der Waals surface area contributed by atoms with E-state index in [0.29, 0.717) is 21.7 Å². The van der Waals surface area contributed by atoms with Gasteiger partial charge in [-0.05, 0) is 31.2 Å². The quantitative estimate of drug-likeness (QED) is 0.618. The second kappa shape index (κ2) is 5.81. The van der Waals surface area contributed by atoms with Crippen LogP contribution in [0.15, 0.2) is 29.3 Å². The summed E-state index contributed by atoms with van der Waals surface area (Å²) in [5.74, 6) is -1.29. The predicted molar refractivity (Wildman–Crippen MR) is 92.4 cm³/mol. The lowest BCUT2D eigenvalue weighted by Crippen LogP contribution is -2.16. The van der Waals surface area contributed by atoms with Gasteiger partial charge < -0.3 is 0 Å². The Kier molecular flexibility index (Phi) is 3.62. The van der Waals surface area contributed by atoms with Gasteiger partial charge in [-0.2, -0.15) is 5.26 Å². The molecule has 2 aliphatic carbocycles. The molecule has 0 spiro atoms. The van der Waals surface area contributed by atoms with E-state index < -0.39 is 5.92 Å². The number of fused-ring (bicyclic) bond motifs is 2. The first-order chi connectivity index (χ1) is 11.7. The van der Waals surface area contributed by atoms with E-state index in [9.17, 15) is 14.9 Å². The van der Waals surface area contributed by atoms with E-state index in [1.165, 1.54) is 22.4 Å². The molecular formula is C19H14N2O2S. The lowest BCUT2D eigenvalue weighted by Gasteiger charge is -2.09. The number of hydrogen-bond donors (Lipinski definition) is 0. The molecule has 1 heterocycles. The van der Waals surface area contributed by atoms with Crippen LogP contribution in [-0.2, 0) is 12.8 Å². The summed E-state index contributed by atoms with van der Waals surface area (Å²) < 4.78 is 0. The molecule has 0 bridgehead atoms. The first-order valence-corrected chi connectivity index (χ1v) is 8.78. The van der Waals surface area contributed by atoms with E-state index in [4.69, 9.17) is 0 Å². The molecule has 0 saturated heterocycles. The van der Waals surface area contributed by atoms with E-state index in [2.05, 4.69) is 11.1 Å². The molecule has 2 aliphatic rings. The van der Waals surface area contributed by atoms with Crippen molar-refractivity contribution in [1.82, 2.24) is 0 Å². The van der Waals surface area contributed by atoms with Gasteiger partial charge in [0.15, 0.2) is 11.6 Å². The Bertz CT molecular complexity index is 898. The van der Waals surface area contributed by atoms with Crippen LogP contribution in [0, 0.1) is 17.2 Å². The molecule has 24 heavy (non-hydrogen) atoms. The Hall–Kier alpha value is -2.58. The second-order valence-electron chi connectivity index (χ2n) is 6.03. The summed E-state index contributed by atoms with van der Waals surface area (Å²) in [5, 5.41) is 10.1. The Morgan fingerprint density at radius 2 is 1.79 bits per heavy atom. The van der Waals surface area contributed by atoms with Gasteiger partial charge >= 0.3 is 0 Å². The third-order valence-corrected chi connectivity index (χ3v) is 5.83. The number of nitriles is 1. The van der Waals surface area contributed by atoms with Crippen LogP contribution < -0.4 is 0 Å². The molecule has 2 aromatic rings. The first kappa shape index (κ1) is 15.0. The monoisotopic (exact) mass is 334 g/mol. The molecule has 0 unspecified atom stereocenters. The summed E-state index contributed by atoms with van der Waals surface area (Å²) in [6.07, 6.45) is 5.55. The van der Waals surface area contributed by atoms with E-state index in [1.54, 1.807) is 24.3 Å². The maximum atomic E-state index is 12.4. The van der Waals surface area contributed by atoms with Gasteiger partial charge in [0, 0.05) is 22.2 Å². The summed E-state index contributed by atoms with van der Waals surface area (Å²) in [7, 11) is 0. The van der Waals surface area contributed by atoms with E-state index in [1.807, 2.05) is 0 Å². The maximum absolute atomic E-state index is 12.4. The van der Waals surface area contributed by atoms with Gasteiger partial charge in [-0.1, -0.05) is 24.3 Å². The van der Waals surface area contributed by atoms with Crippen LogP contribution in [-0.4, -0.2) is 17.8 Å². The molecule has 0 aliphatic heterocycles. The van der Waals surface area contributed by atoms with Gasteiger partial charge in [0.05, 0.1) is 5.56 Å². The molecule has 1 aromatic heterocycles. The van der Waals surface area contributed by atoms with Crippen LogP contribution in [0.2, 0.25) is 0 Å². The zero-order valence-corrected chi connectivity index (χ0v) is 13.7. The lowest BCUT2D eigenvalue weighted by molar-refractivity contribution is 0.0886. The van der Waals surface area contributed by atoms with Crippen LogP contribution in [0.25, 0.3) is 0 Å². The maximum Gasteiger partial charge on any atom is 0.179 e. The van der Waals surface area contributed by atoms with Crippen LogP contribution in [0.1, 0.15) is 49.6 Å². The topological polar surface area (TPSA) is 70.3 Å². The zero-order valence-electron chi connectivity index (χ0n) is 12.9. The summed E-state index contributed by atoms with van der Waals surface area (Å²) >= 11 is 1.51. The van der Waals surface area contributed by atoms with Crippen molar-refractivity contribution in [2.45, 2.75) is 25.7 Å². The number of Topliss-reactive ketones (excluding diaryl/α,β-unsaturated/α-hetero) is 2. The van der Waals surface area contributed by atoms with Crippen molar-refractivity contribution in [2.24, 2.45) is 10.9 Å². The van der Waals surface area contributed by atoms with Gasteiger partial charge in [-0.3, -0.25) is 9.59 Å². The van der Waals surface area contributed by atoms with Crippen molar-refractivity contribution < 1.29 is 9.59 Å². The van der Waals surface area contributed by atoms with Crippen molar-refractivity contribution in [3.8, 4) is 6.07 Å². The van der Waals surface area contributed by atoms with E-state index in [0.717, 1.165) is 31.2 Å². The van der Waals surface area contributed by atoms with Crippen LogP contribution in [0.3, 0.4) is 0 Å². The summed E-state index contributed by atoms with van der Waals surface area (Å²) in [4.78, 5) is 30.4. The third kappa shape index (κ3) is 2.22. The number of aliphatic imine (C=N–C) groups is 1. The number of thiophene rings is 1. The SMILES string of the molecule is N#Cc1c(/N=C/C2C(=O)c3ccccc3C2=O)sc2c1CCCC2. The minimum absolute atomic E-state index is 0.209. The van der Waals surface area contributed by atoms with Crippen molar-refractivity contribution in [1.29, 1.82) is 5.26 Å². The fraction of sp³-hybridized carbons (Fsp3) is 0.263. The highest BCUT2D eigenvalue weighted by molar-refractivity contribution is 7.16. The molecule has 0 amide bonds. The number of nitrogens with zero attached hydrogens (tertiary/aromatic N) is 2. The predicted octanol–water partition coefficient (Wildman–Crippen LogP) is 3.90. The highest BCUT2D eigenvalue weighted by Crippen LogP contribution is 2.39. The molecule has 0 N–H and O–H groups in total. The van der Waals surface area contributed by atoms with Crippen LogP contribution in [0.4, 0.5) is 5.00 Å². The minimum Gasteiger partial charge on any atom is -0.293 e. The van der Waals surface area contributed by atoms with E-state index >= 15 is 0 Å². The third-order valence-electron chi connectivity index (χ3n) is 4.63. The Labute approximate surface area is 143 Å². The van der Waals surface area contributed by atoms with Gasteiger partial charge in [0.1, 0.15) is 17.0 Å². The number of carbonyl (C=O) groups is 2. The number of hydrogen-bond acceptors (Lipinski definition) is 5.